The highest BCUT2D eigenvalue weighted by Crippen LogP contribution is 2.31. The second-order valence-electron chi connectivity index (χ2n) is 3.92. The highest BCUT2D eigenvalue weighted by Gasteiger charge is 2.15. The second kappa shape index (κ2) is 5.28. The molecule has 0 atom stereocenters. The van der Waals surface area contributed by atoms with Crippen LogP contribution in [0.25, 0.3) is 0 Å². The maximum absolute atomic E-state index is 13.7. The zero-order valence-electron chi connectivity index (χ0n) is 10.3. The highest BCUT2D eigenvalue weighted by atomic mass is 19.2. The molecule has 0 aromatic heterocycles. The summed E-state index contributed by atoms with van der Waals surface area (Å²) in [6, 6.07) is 3.84. The van der Waals surface area contributed by atoms with Gasteiger partial charge in [-0.05, 0) is 12.1 Å². The van der Waals surface area contributed by atoms with Crippen LogP contribution >= 0.6 is 0 Å². The number of rotatable bonds is 3. The molecule has 20 heavy (non-hydrogen) atoms. The fourth-order valence-electron chi connectivity index (χ4n) is 1.61. The van der Waals surface area contributed by atoms with Crippen molar-refractivity contribution >= 4 is 17.1 Å². The van der Waals surface area contributed by atoms with E-state index in [1.807, 2.05) is 0 Å². The summed E-state index contributed by atoms with van der Waals surface area (Å²) in [5.74, 6) is -5.04. The third kappa shape index (κ3) is 2.47. The summed E-state index contributed by atoms with van der Waals surface area (Å²) in [7, 11) is 1.32. The lowest BCUT2D eigenvalue weighted by molar-refractivity contribution is 0.416. The highest BCUT2D eigenvalue weighted by molar-refractivity contribution is 5.67. The van der Waals surface area contributed by atoms with Crippen LogP contribution in [0.2, 0.25) is 0 Å². The molecule has 0 aliphatic heterocycles. The molecule has 7 heteroatoms. The van der Waals surface area contributed by atoms with Crippen LogP contribution in [0, 0.1) is 23.3 Å². The summed E-state index contributed by atoms with van der Waals surface area (Å²) in [5.41, 5.74) is 4.96. The van der Waals surface area contributed by atoms with E-state index in [4.69, 9.17) is 10.5 Å². The SMILES string of the molecule is COc1cc(Nc2ccc(F)c(F)c2F)c(F)cc1N. The number of nitrogens with two attached hydrogens (primary N) is 1. The molecule has 2 aromatic rings. The molecule has 0 amide bonds. The minimum atomic E-state index is -1.64. The topological polar surface area (TPSA) is 47.3 Å². The Kier molecular flexibility index (Phi) is 3.69. The van der Waals surface area contributed by atoms with Gasteiger partial charge in [-0.3, -0.25) is 0 Å². The number of ether oxygens (including phenoxy) is 1. The largest absolute Gasteiger partial charge is 0.495 e. The maximum Gasteiger partial charge on any atom is 0.196 e. The van der Waals surface area contributed by atoms with Gasteiger partial charge < -0.3 is 15.8 Å². The quantitative estimate of drug-likeness (QED) is 0.515. The normalized spacial score (nSPS) is 10.4. The molecule has 2 rings (SSSR count). The van der Waals surface area contributed by atoms with Crippen LogP contribution in [0.4, 0.5) is 34.6 Å². The van der Waals surface area contributed by atoms with Crippen LogP contribution < -0.4 is 15.8 Å². The van der Waals surface area contributed by atoms with Crippen molar-refractivity contribution in [3.63, 3.8) is 0 Å². The fourth-order valence-corrected chi connectivity index (χ4v) is 1.61. The number of nitrogens with one attached hydrogen (secondary N) is 1. The molecule has 0 bridgehead atoms. The Balaban J connectivity index is 2.42. The Hall–Kier alpha value is -2.44. The van der Waals surface area contributed by atoms with Crippen molar-refractivity contribution in [2.75, 3.05) is 18.2 Å². The lowest BCUT2D eigenvalue weighted by atomic mass is 10.2. The van der Waals surface area contributed by atoms with Crippen molar-refractivity contribution in [2.24, 2.45) is 0 Å². The van der Waals surface area contributed by atoms with Crippen molar-refractivity contribution in [2.45, 2.75) is 0 Å². The third-order valence-electron chi connectivity index (χ3n) is 2.62. The Labute approximate surface area is 112 Å². The van der Waals surface area contributed by atoms with Gasteiger partial charge in [0.15, 0.2) is 17.5 Å². The molecule has 106 valence electrons. The van der Waals surface area contributed by atoms with E-state index in [2.05, 4.69) is 5.32 Å². The molecule has 3 N–H and O–H groups in total. The number of benzene rings is 2. The van der Waals surface area contributed by atoms with Crippen LogP contribution in [0.15, 0.2) is 24.3 Å². The third-order valence-corrected chi connectivity index (χ3v) is 2.62. The van der Waals surface area contributed by atoms with Crippen LogP contribution in [0.1, 0.15) is 0 Å². The molecule has 3 nitrogen and oxygen atoms in total. The average molecular weight is 286 g/mol. The second-order valence-corrected chi connectivity index (χ2v) is 3.92. The average Bonchev–Trinajstić information content (AvgIpc) is 2.42. The summed E-state index contributed by atoms with van der Waals surface area (Å²) in [4.78, 5) is 0. The molecule has 0 radical (unpaired) electrons. The van der Waals surface area contributed by atoms with Crippen LogP contribution in [0.5, 0.6) is 5.75 Å². The van der Waals surface area contributed by atoms with Crippen molar-refractivity contribution in [1.29, 1.82) is 0 Å². The Morgan fingerprint density at radius 2 is 1.65 bits per heavy atom. The van der Waals surface area contributed by atoms with Gasteiger partial charge >= 0.3 is 0 Å². The van der Waals surface area contributed by atoms with Crippen molar-refractivity contribution in [1.82, 2.24) is 0 Å². The van der Waals surface area contributed by atoms with Gasteiger partial charge in [0.25, 0.3) is 0 Å². The first-order valence-corrected chi connectivity index (χ1v) is 5.47. The van der Waals surface area contributed by atoms with Gasteiger partial charge in [-0.25, -0.2) is 17.6 Å². The monoisotopic (exact) mass is 286 g/mol. The molecular formula is C13H10F4N2O. The predicted octanol–water partition coefficient (Wildman–Crippen LogP) is 3.58. The lowest BCUT2D eigenvalue weighted by Gasteiger charge is -2.12. The van der Waals surface area contributed by atoms with Gasteiger partial charge in [-0.15, -0.1) is 0 Å². The summed E-state index contributed by atoms with van der Waals surface area (Å²) in [5, 5.41) is 2.32. The number of anilines is 3. The van der Waals surface area contributed by atoms with Crippen LogP contribution in [-0.2, 0) is 0 Å². The standard InChI is InChI=1S/C13H10F4N2O/c1-20-11-5-10(7(15)4-8(11)18)19-9-3-2-6(14)12(16)13(9)17/h2-5,19H,18H2,1H3. The van der Waals surface area contributed by atoms with Gasteiger partial charge in [0.1, 0.15) is 11.6 Å². The molecule has 0 saturated heterocycles. The first-order chi connectivity index (χ1) is 9.43. The molecule has 0 saturated carbocycles. The van der Waals surface area contributed by atoms with Crippen molar-refractivity contribution in [3.8, 4) is 5.75 Å². The summed E-state index contributed by atoms with van der Waals surface area (Å²) in [6.07, 6.45) is 0. The van der Waals surface area contributed by atoms with Crippen molar-refractivity contribution in [3.05, 3.63) is 47.5 Å². The van der Waals surface area contributed by atoms with E-state index in [0.29, 0.717) is 0 Å². The summed E-state index contributed by atoms with van der Waals surface area (Å²) in [6.45, 7) is 0. The number of methoxy groups -OCH3 is 1. The molecule has 0 spiro atoms. The van der Waals surface area contributed by atoms with E-state index < -0.39 is 29.0 Å². The first-order valence-electron chi connectivity index (χ1n) is 5.47. The van der Waals surface area contributed by atoms with Crippen LogP contribution in [-0.4, -0.2) is 7.11 Å². The molecule has 0 unspecified atom stereocenters. The van der Waals surface area contributed by atoms with Gasteiger partial charge in [0, 0.05) is 12.1 Å². The minimum absolute atomic E-state index is 0.0568. The first kappa shape index (κ1) is 14.0. The smallest absolute Gasteiger partial charge is 0.196 e. The molecule has 0 aliphatic carbocycles. The Morgan fingerprint density at radius 1 is 0.950 bits per heavy atom. The number of nitrogen functional groups attached to an aromatic ring is 1. The molecule has 2 aromatic carbocycles. The Morgan fingerprint density at radius 3 is 2.30 bits per heavy atom. The van der Waals surface area contributed by atoms with E-state index in [0.717, 1.165) is 18.2 Å². The Bertz CT molecular complexity index is 661. The van der Waals surface area contributed by atoms with Crippen molar-refractivity contribution < 1.29 is 22.3 Å². The van der Waals surface area contributed by atoms with E-state index >= 15 is 0 Å². The van der Waals surface area contributed by atoms with E-state index in [9.17, 15) is 17.6 Å². The number of halogens is 4. The minimum Gasteiger partial charge on any atom is -0.495 e. The molecular weight excluding hydrogens is 276 g/mol. The molecule has 0 aliphatic rings. The fraction of sp³-hybridized carbons (Fsp3) is 0.0769. The summed E-state index contributed by atoms with van der Waals surface area (Å²) >= 11 is 0. The lowest BCUT2D eigenvalue weighted by Crippen LogP contribution is -2.02. The van der Waals surface area contributed by atoms with E-state index in [1.54, 1.807) is 0 Å². The predicted molar refractivity (Wildman–Crippen MR) is 67.0 cm³/mol. The van der Waals surface area contributed by atoms with Gasteiger partial charge in [0.05, 0.1) is 24.2 Å². The zero-order valence-corrected chi connectivity index (χ0v) is 10.3. The number of hydrogen-bond acceptors (Lipinski definition) is 3. The van der Waals surface area contributed by atoms with Crippen LogP contribution in [0.3, 0.4) is 0 Å². The molecule has 0 fully saturated rings. The van der Waals surface area contributed by atoms with E-state index in [1.165, 1.54) is 13.2 Å². The van der Waals surface area contributed by atoms with Gasteiger partial charge in [0.2, 0.25) is 0 Å². The maximum atomic E-state index is 13.7. The van der Waals surface area contributed by atoms with Gasteiger partial charge in [-0.1, -0.05) is 0 Å². The van der Waals surface area contributed by atoms with Gasteiger partial charge in [-0.2, -0.15) is 0 Å². The van der Waals surface area contributed by atoms with E-state index in [-0.39, 0.29) is 17.1 Å². The molecule has 0 heterocycles. The summed E-state index contributed by atoms with van der Waals surface area (Å²) < 4.78 is 57.9. The zero-order chi connectivity index (χ0) is 14.9. The number of hydrogen-bond donors (Lipinski definition) is 2.